The third kappa shape index (κ3) is 2.80. The van der Waals surface area contributed by atoms with Crippen molar-refractivity contribution in [2.75, 3.05) is 7.11 Å². The van der Waals surface area contributed by atoms with Gasteiger partial charge in [-0.25, -0.2) is 0 Å². The number of nitrogens with zero attached hydrogens (tertiary/aromatic N) is 1. The van der Waals surface area contributed by atoms with Crippen LogP contribution >= 0.6 is 0 Å². The SMILES string of the molecule is COc1ccc(OCc2cc3ccccc3n2C(C)C)cc1. The molecule has 0 spiro atoms. The molecule has 3 aromatic rings. The van der Waals surface area contributed by atoms with Crippen LogP contribution in [0.4, 0.5) is 0 Å². The Kier molecular flexibility index (Phi) is 4.05. The minimum atomic E-state index is 0.398. The van der Waals surface area contributed by atoms with Crippen molar-refractivity contribution in [2.24, 2.45) is 0 Å². The number of hydrogen-bond donors (Lipinski definition) is 0. The Morgan fingerprint density at radius 1 is 0.955 bits per heavy atom. The molecule has 0 aliphatic heterocycles. The predicted octanol–water partition coefficient (Wildman–Crippen LogP) is 4.81. The van der Waals surface area contributed by atoms with Crippen LogP contribution in [0.2, 0.25) is 0 Å². The maximum absolute atomic E-state index is 5.94. The van der Waals surface area contributed by atoms with E-state index in [1.807, 2.05) is 24.3 Å². The molecule has 114 valence electrons. The first-order chi connectivity index (χ1) is 10.7. The average Bonchev–Trinajstić information content (AvgIpc) is 2.92. The molecule has 0 unspecified atom stereocenters. The van der Waals surface area contributed by atoms with Crippen molar-refractivity contribution in [3.63, 3.8) is 0 Å². The van der Waals surface area contributed by atoms with E-state index in [1.54, 1.807) is 7.11 Å². The molecule has 0 saturated carbocycles. The molecule has 1 heterocycles. The van der Waals surface area contributed by atoms with Crippen LogP contribution in [0.3, 0.4) is 0 Å². The Bertz CT molecular complexity index is 757. The van der Waals surface area contributed by atoms with Gasteiger partial charge in [0.2, 0.25) is 0 Å². The quantitative estimate of drug-likeness (QED) is 0.674. The van der Waals surface area contributed by atoms with E-state index in [0.717, 1.165) is 11.5 Å². The van der Waals surface area contributed by atoms with Crippen LogP contribution in [0.15, 0.2) is 54.6 Å². The molecule has 0 radical (unpaired) electrons. The predicted molar refractivity (Wildman–Crippen MR) is 89.6 cm³/mol. The summed E-state index contributed by atoms with van der Waals surface area (Å²) in [5.41, 5.74) is 2.44. The molecule has 3 nitrogen and oxygen atoms in total. The van der Waals surface area contributed by atoms with Crippen molar-refractivity contribution in [3.8, 4) is 11.5 Å². The van der Waals surface area contributed by atoms with E-state index in [-0.39, 0.29) is 0 Å². The fourth-order valence-electron chi connectivity index (χ4n) is 2.78. The number of aromatic nitrogens is 1. The number of rotatable bonds is 5. The number of hydrogen-bond acceptors (Lipinski definition) is 2. The van der Waals surface area contributed by atoms with Gasteiger partial charge in [0.1, 0.15) is 18.1 Å². The van der Waals surface area contributed by atoms with Crippen molar-refractivity contribution in [1.82, 2.24) is 4.57 Å². The molecular weight excluding hydrogens is 274 g/mol. The van der Waals surface area contributed by atoms with Crippen LogP contribution in [0.25, 0.3) is 10.9 Å². The lowest BCUT2D eigenvalue weighted by Gasteiger charge is -2.15. The highest BCUT2D eigenvalue weighted by molar-refractivity contribution is 5.81. The van der Waals surface area contributed by atoms with Gasteiger partial charge in [-0.1, -0.05) is 18.2 Å². The topological polar surface area (TPSA) is 23.4 Å². The van der Waals surface area contributed by atoms with Gasteiger partial charge in [0.25, 0.3) is 0 Å². The summed E-state index contributed by atoms with van der Waals surface area (Å²) in [6.45, 7) is 4.95. The summed E-state index contributed by atoms with van der Waals surface area (Å²) in [7, 11) is 1.66. The fourth-order valence-corrected chi connectivity index (χ4v) is 2.78. The third-order valence-electron chi connectivity index (χ3n) is 3.79. The van der Waals surface area contributed by atoms with Gasteiger partial charge >= 0.3 is 0 Å². The smallest absolute Gasteiger partial charge is 0.128 e. The van der Waals surface area contributed by atoms with E-state index >= 15 is 0 Å². The van der Waals surface area contributed by atoms with E-state index in [2.05, 4.69) is 48.7 Å². The van der Waals surface area contributed by atoms with Crippen LogP contribution in [-0.4, -0.2) is 11.7 Å². The van der Waals surface area contributed by atoms with E-state index in [9.17, 15) is 0 Å². The van der Waals surface area contributed by atoms with Gasteiger partial charge in [-0.2, -0.15) is 0 Å². The van der Waals surface area contributed by atoms with Gasteiger partial charge in [0, 0.05) is 11.6 Å². The van der Waals surface area contributed by atoms with E-state index in [1.165, 1.54) is 16.6 Å². The minimum absolute atomic E-state index is 0.398. The first-order valence-corrected chi connectivity index (χ1v) is 7.54. The van der Waals surface area contributed by atoms with E-state index in [4.69, 9.17) is 9.47 Å². The van der Waals surface area contributed by atoms with Crippen molar-refractivity contribution in [2.45, 2.75) is 26.5 Å². The molecule has 22 heavy (non-hydrogen) atoms. The number of benzene rings is 2. The standard InChI is InChI=1S/C19H21NO2/c1-14(2)20-16(12-15-6-4-5-7-19(15)20)13-22-18-10-8-17(21-3)9-11-18/h4-12,14H,13H2,1-3H3. The first kappa shape index (κ1) is 14.5. The molecular formula is C19H21NO2. The van der Waals surface area contributed by atoms with Crippen LogP contribution in [0, 0.1) is 0 Å². The number of fused-ring (bicyclic) bond motifs is 1. The molecule has 0 N–H and O–H groups in total. The summed E-state index contributed by atoms with van der Waals surface area (Å²) in [6, 6.07) is 18.7. The van der Waals surface area contributed by atoms with Crippen molar-refractivity contribution < 1.29 is 9.47 Å². The second-order valence-electron chi connectivity index (χ2n) is 5.62. The largest absolute Gasteiger partial charge is 0.497 e. The lowest BCUT2D eigenvalue weighted by Crippen LogP contribution is -2.08. The molecule has 0 atom stereocenters. The zero-order valence-corrected chi connectivity index (χ0v) is 13.2. The zero-order chi connectivity index (χ0) is 15.5. The molecule has 0 aliphatic carbocycles. The number of methoxy groups -OCH3 is 1. The normalized spacial score (nSPS) is 11.1. The van der Waals surface area contributed by atoms with E-state index < -0.39 is 0 Å². The van der Waals surface area contributed by atoms with Crippen LogP contribution in [-0.2, 0) is 6.61 Å². The van der Waals surface area contributed by atoms with Gasteiger partial charge in [0.05, 0.1) is 12.8 Å². The minimum Gasteiger partial charge on any atom is -0.497 e. The Balaban J connectivity index is 1.85. The third-order valence-corrected chi connectivity index (χ3v) is 3.79. The highest BCUT2D eigenvalue weighted by Gasteiger charge is 2.11. The highest BCUT2D eigenvalue weighted by atomic mass is 16.5. The van der Waals surface area contributed by atoms with Gasteiger partial charge < -0.3 is 14.0 Å². The molecule has 2 aromatic carbocycles. The van der Waals surface area contributed by atoms with Gasteiger partial charge in [-0.15, -0.1) is 0 Å². The van der Waals surface area contributed by atoms with Gasteiger partial charge in [0.15, 0.2) is 0 Å². The monoisotopic (exact) mass is 295 g/mol. The molecule has 1 aromatic heterocycles. The maximum Gasteiger partial charge on any atom is 0.128 e. The Morgan fingerprint density at radius 3 is 2.32 bits per heavy atom. The fraction of sp³-hybridized carbons (Fsp3) is 0.263. The Hall–Kier alpha value is -2.42. The number of para-hydroxylation sites is 1. The average molecular weight is 295 g/mol. The summed E-state index contributed by atoms with van der Waals surface area (Å²) in [5, 5.41) is 1.25. The van der Waals surface area contributed by atoms with Crippen molar-refractivity contribution >= 4 is 10.9 Å². The lowest BCUT2D eigenvalue weighted by atomic mass is 10.2. The highest BCUT2D eigenvalue weighted by Crippen LogP contribution is 2.25. The van der Waals surface area contributed by atoms with Crippen molar-refractivity contribution in [1.29, 1.82) is 0 Å². The van der Waals surface area contributed by atoms with E-state index in [0.29, 0.717) is 12.6 Å². The molecule has 3 heteroatoms. The van der Waals surface area contributed by atoms with Crippen LogP contribution < -0.4 is 9.47 Å². The van der Waals surface area contributed by atoms with Crippen molar-refractivity contribution in [3.05, 3.63) is 60.3 Å². The van der Waals surface area contributed by atoms with Crippen LogP contribution in [0.1, 0.15) is 25.6 Å². The van der Waals surface area contributed by atoms with Crippen LogP contribution in [0.5, 0.6) is 11.5 Å². The number of ether oxygens (including phenoxy) is 2. The maximum atomic E-state index is 5.94. The molecule has 0 aliphatic rings. The summed E-state index contributed by atoms with van der Waals surface area (Å²) in [5.74, 6) is 1.69. The van der Waals surface area contributed by atoms with Gasteiger partial charge in [-0.3, -0.25) is 0 Å². The molecule has 0 fully saturated rings. The van der Waals surface area contributed by atoms with Gasteiger partial charge in [-0.05, 0) is 55.6 Å². The molecule has 0 bridgehead atoms. The second-order valence-corrected chi connectivity index (χ2v) is 5.62. The summed E-state index contributed by atoms with van der Waals surface area (Å²) in [4.78, 5) is 0. The molecule has 0 amide bonds. The summed E-state index contributed by atoms with van der Waals surface area (Å²) in [6.07, 6.45) is 0. The summed E-state index contributed by atoms with van der Waals surface area (Å²) < 4.78 is 13.4. The zero-order valence-electron chi connectivity index (χ0n) is 13.2. The summed E-state index contributed by atoms with van der Waals surface area (Å²) >= 11 is 0. The molecule has 0 saturated heterocycles. The molecule has 3 rings (SSSR count). The Morgan fingerprint density at radius 2 is 1.64 bits per heavy atom. The first-order valence-electron chi connectivity index (χ1n) is 7.54. The Labute approximate surface area is 131 Å². The lowest BCUT2D eigenvalue weighted by molar-refractivity contribution is 0.292. The second kappa shape index (κ2) is 6.14.